The Morgan fingerprint density at radius 1 is 0.468 bits per heavy atom. The van der Waals surface area contributed by atoms with Crippen molar-refractivity contribution in [2.75, 3.05) is 6.61 Å². The van der Waals surface area contributed by atoms with Gasteiger partial charge in [0.05, 0.1) is 25.2 Å². The lowest BCUT2D eigenvalue weighted by Crippen LogP contribution is -2.46. The first-order chi connectivity index (χ1) is 30.5. The number of allylic oxidation sites excluding steroid dienone is 8. The molecule has 0 aromatic rings. The lowest BCUT2D eigenvalue weighted by molar-refractivity contribution is -0.151. The second-order valence-corrected chi connectivity index (χ2v) is 18.3. The topological polar surface area (TPSA) is 95.9 Å². The Labute approximate surface area is 385 Å². The SMILES string of the molecule is CCCCC/C=C\C/C=C\C/C=C\C/C=C\CCCC(CC(=O)NC(CO)C(O)CCCCCCCCCCCCCCCC)OC(=O)CCCCCCCCCCCCCC. The number of aliphatic hydroxyl groups excluding tert-OH is 2. The molecule has 362 valence electrons. The number of carbonyl (C=O) groups excluding carboxylic acids is 2. The van der Waals surface area contributed by atoms with Gasteiger partial charge >= 0.3 is 5.97 Å². The van der Waals surface area contributed by atoms with Crippen LogP contribution in [0.4, 0.5) is 0 Å². The molecule has 0 saturated carbocycles. The summed E-state index contributed by atoms with van der Waals surface area (Å²) in [6.45, 7) is 6.45. The number of rotatable bonds is 48. The molecule has 0 saturated heterocycles. The second-order valence-electron chi connectivity index (χ2n) is 18.3. The maximum absolute atomic E-state index is 13.2. The van der Waals surface area contributed by atoms with Crippen LogP contribution in [0.15, 0.2) is 48.6 Å². The van der Waals surface area contributed by atoms with Crippen LogP contribution in [0.3, 0.4) is 0 Å². The first-order valence-electron chi connectivity index (χ1n) is 26.9. The highest BCUT2D eigenvalue weighted by molar-refractivity contribution is 5.77. The molecule has 0 aromatic heterocycles. The molecule has 0 radical (unpaired) electrons. The van der Waals surface area contributed by atoms with Gasteiger partial charge in [-0.15, -0.1) is 0 Å². The highest BCUT2D eigenvalue weighted by Gasteiger charge is 2.24. The molecule has 3 unspecified atom stereocenters. The molecule has 0 bridgehead atoms. The minimum atomic E-state index is -0.800. The number of carbonyl (C=O) groups is 2. The van der Waals surface area contributed by atoms with Crippen molar-refractivity contribution in [3.63, 3.8) is 0 Å². The Hall–Kier alpha value is -2.18. The van der Waals surface area contributed by atoms with Crippen LogP contribution < -0.4 is 5.32 Å². The van der Waals surface area contributed by atoms with E-state index >= 15 is 0 Å². The zero-order valence-corrected chi connectivity index (χ0v) is 41.3. The van der Waals surface area contributed by atoms with Gasteiger partial charge in [0.25, 0.3) is 0 Å². The van der Waals surface area contributed by atoms with Crippen molar-refractivity contribution < 1.29 is 24.5 Å². The number of amides is 1. The third kappa shape index (κ3) is 44.4. The molecule has 3 N–H and O–H groups in total. The lowest BCUT2D eigenvalue weighted by atomic mass is 10.0. The summed E-state index contributed by atoms with van der Waals surface area (Å²) >= 11 is 0. The van der Waals surface area contributed by atoms with Crippen LogP contribution in [0.2, 0.25) is 0 Å². The fraction of sp³-hybridized carbons (Fsp3) is 0.821. The molecule has 1 amide bonds. The summed E-state index contributed by atoms with van der Waals surface area (Å²) in [6.07, 6.45) is 60.3. The maximum Gasteiger partial charge on any atom is 0.306 e. The first-order valence-corrected chi connectivity index (χ1v) is 26.9. The van der Waals surface area contributed by atoms with E-state index in [4.69, 9.17) is 4.74 Å². The summed E-state index contributed by atoms with van der Waals surface area (Å²) in [6, 6.07) is -0.717. The average molecular weight is 870 g/mol. The van der Waals surface area contributed by atoms with Crippen molar-refractivity contribution in [3.8, 4) is 0 Å². The number of hydrogen-bond acceptors (Lipinski definition) is 5. The van der Waals surface area contributed by atoms with Crippen LogP contribution >= 0.6 is 0 Å². The molecule has 6 heteroatoms. The third-order valence-electron chi connectivity index (χ3n) is 12.2. The Kier molecular flexibility index (Phi) is 48.1. The molecule has 0 aliphatic rings. The van der Waals surface area contributed by atoms with Gasteiger partial charge in [-0.1, -0.05) is 243 Å². The number of esters is 1. The van der Waals surface area contributed by atoms with Crippen molar-refractivity contribution in [1.82, 2.24) is 5.32 Å². The van der Waals surface area contributed by atoms with Crippen LogP contribution in [0.25, 0.3) is 0 Å². The highest BCUT2D eigenvalue weighted by atomic mass is 16.5. The molecular formula is C56H103NO5. The van der Waals surface area contributed by atoms with Crippen LogP contribution in [-0.4, -0.2) is 46.9 Å². The van der Waals surface area contributed by atoms with Crippen LogP contribution in [0.5, 0.6) is 0 Å². The molecule has 3 atom stereocenters. The van der Waals surface area contributed by atoms with Gasteiger partial charge in [-0.25, -0.2) is 0 Å². The van der Waals surface area contributed by atoms with Crippen LogP contribution in [0.1, 0.15) is 271 Å². The number of ether oxygens (including phenoxy) is 1. The van der Waals surface area contributed by atoms with E-state index < -0.39 is 18.2 Å². The van der Waals surface area contributed by atoms with E-state index in [-0.39, 0.29) is 24.9 Å². The van der Waals surface area contributed by atoms with Gasteiger partial charge in [0.15, 0.2) is 0 Å². The number of nitrogens with one attached hydrogen (secondary N) is 1. The van der Waals surface area contributed by atoms with E-state index in [0.29, 0.717) is 19.3 Å². The number of unbranched alkanes of at least 4 members (excludes halogenated alkanes) is 28. The van der Waals surface area contributed by atoms with E-state index in [1.807, 2.05) is 0 Å². The van der Waals surface area contributed by atoms with E-state index in [1.54, 1.807) is 0 Å². The Morgan fingerprint density at radius 3 is 1.27 bits per heavy atom. The second kappa shape index (κ2) is 49.8. The zero-order valence-electron chi connectivity index (χ0n) is 41.3. The summed E-state index contributed by atoms with van der Waals surface area (Å²) < 4.78 is 5.91. The smallest absolute Gasteiger partial charge is 0.306 e. The summed E-state index contributed by atoms with van der Waals surface area (Å²) in [5.41, 5.74) is 0. The Morgan fingerprint density at radius 2 is 0.839 bits per heavy atom. The predicted molar refractivity (Wildman–Crippen MR) is 269 cm³/mol. The Bertz CT molecular complexity index is 1070. The molecule has 0 aromatic carbocycles. The van der Waals surface area contributed by atoms with Crippen LogP contribution in [0, 0.1) is 0 Å². The molecule has 0 aliphatic carbocycles. The van der Waals surface area contributed by atoms with E-state index in [2.05, 4.69) is 74.7 Å². The minimum absolute atomic E-state index is 0.0425. The van der Waals surface area contributed by atoms with Gasteiger partial charge in [-0.05, 0) is 64.2 Å². The zero-order chi connectivity index (χ0) is 45.2. The highest BCUT2D eigenvalue weighted by Crippen LogP contribution is 2.17. The van der Waals surface area contributed by atoms with E-state index in [1.165, 1.54) is 154 Å². The number of hydrogen-bond donors (Lipinski definition) is 3. The van der Waals surface area contributed by atoms with Gasteiger partial charge in [-0.2, -0.15) is 0 Å². The molecule has 62 heavy (non-hydrogen) atoms. The van der Waals surface area contributed by atoms with Crippen molar-refractivity contribution >= 4 is 11.9 Å². The summed E-state index contributed by atoms with van der Waals surface area (Å²) in [5, 5.41) is 23.8. The van der Waals surface area contributed by atoms with Crippen molar-refractivity contribution in [3.05, 3.63) is 48.6 Å². The van der Waals surface area contributed by atoms with Crippen molar-refractivity contribution in [1.29, 1.82) is 0 Å². The van der Waals surface area contributed by atoms with Gasteiger partial charge in [0, 0.05) is 6.42 Å². The van der Waals surface area contributed by atoms with E-state index in [0.717, 1.165) is 70.6 Å². The normalized spacial score (nSPS) is 13.6. The summed E-state index contributed by atoms with van der Waals surface area (Å²) in [7, 11) is 0. The molecule has 6 nitrogen and oxygen atoms in total. The lowest BCUT2D eigenvalue weighted by Gasteiger charge is -2.24. The van der Waals surface area contributed by atoms with Gasteiger partial charge in [-0.3, -0.25) is 9.59 Å². The largest absolute Gasteiger partial charge is 0.462 e. The molecule has 0 fully saturated rings. The summed E-state index contributed by atoms with van der Waals surface area (Å²) in [4.78, 5) is 26.1. The number of aliphatic hydroxyl groups is 2. The molecule has 0 rings (SSSR count). The quantitative estimate of drug-likeness (QED) is 0.0322. The molecule has 0 aliphatic heterocycles. The average Bonchev–Trinajstić information content (AvgIpc) is 3.26. The van der Waals surface area contributed by atoms with E-state index in [9.17, 15) is 19.8 Å². The third-order valence-corrected chi connectivity index (χ3v) is 12.2. The van der Waals surface area contributed by atoms with Crippen molar-refractivity contribution in [2.24, 2.45) is 0 Å². The van der Waals surface area contributed by atoms with Gasteiger partial charge in [0.2, 0.25) is 5.91 Å². The molecular weight excluding hydrogens is 767 g/mol. The first kappa shape index (κ1) is 59.8. The predicted octanol–water partition coefficient (Wildman–Crippen LogP) is 16.2. The van der Waals surface area contributed by atoms with Gasteiger partial charge < -0.3 is 20.3 Å². The minimum Gasteiger partial charge on any atom is -0.462 e. The fourth-order valence-corrected chi connectivity index (χ4v) is 8.07. The maximum atomic E-state index is 13.2. The standard InChI is InChI=1S/C56H103NO5/c1-4-7-10-13-16-19-22-25-27-28-29-30-32-35-38-41-44-47-52(62-56(61)49-46-43-40-37-34-24-21-18-15-12-9-6-3)50-55(60)57-53(51-58)54(59)48-45-42-39-36-33-31-26-23-20-17-14-11-8-5-2/h16,19,25,27,29-30,35,38,52-54,58-59H,4-15,17-18,20-24,26,28,31-34,36-37,39-51H2,1-3H3,(H,57,60)/b19-16-,27-25-,30-29-,38-35-. The Balaban J connectivity index is 4.66. The monoisotopic (exact) mass is 870 g/mol. The molecule has 0 spiro atoms. The van der Waals surface area contributed by atoms with Gasteiger partial charge in [0.1, 0.15) is 6.10 Å². The summed E-state index contributed by atoms with van der Waals surface area (Å²) in [5.74, 6) is -0.519. The van der Waals surface area contributed by atoms with Crippen LogP contribution in [-0.2, 0) is 14.3 Å². The van der Waals surface area contributed by atoms with Crippen molar-refractivity contribution in [2.45, 2.75) is 289 Å². The fourth-order valence-electron chi connectivity index (χ4n) is 8.07. The molecule has 0 heterocycles.